The first-order chi connectivity index (χ1) is 7.10. The summed E-state index contributed by atoms with van der Waals surface area (Å²) in [6.07, 6.45) is 1.28. The number of hydrogen-bond donors (Lipinski definition) is 1. The zero-order valence-corrected chi connectivity index (χ0v) is 8.61. The average molecular weight is 230 g/mol. The van der Waals surface area contributed by atoms with Gasteiger partial charge in [0.05, 0.1) is 30.0 Å². The van der Waals surface area contributed by atoms with E-state index in [0.717, 1.165) is 7.11 Å². The zero-order chi connectivity index (χ0) is 11.4. The predicted molar refractivity (Wildman–Crippen MR) is 51.5 cm³/mol. The minimum atomic E-state index is -1.02. The van der Waals surface area contributed by atoms with E-state index < -0.39 is 18.4 Å². The van der Waals surface area contributed by atoms with Crippen LogP contribution in [0.1, 0.15) is 16.1 Å². The van der Waals surface area contributed by atoms with Crippen molar-refractivity contribution in [3.05, 3.63) is 28.5 Å². The van der Waals surface area contributed by atoms with E-state index in [1.165, 1.54) is 12.3 Å². The Bertz CT molecular complexity index is 405. The molecule has 0 fully saturated rings. The van der Waals surface area contributed by atoms with Gasteiger partial charge < -0.3 is 9.84 Å². The summed E-state index contributed by atoms with van der Waals surface area (Å²) in [5.74, 6) is -1.90. The molecule has 0 atom stereocenters. The Labute approximate surface area is 90.6 Å². The SMILES string of the molecule is COC(=O)C(=O)c1cc(Cl)cnc1CO. The highest BCUT2D eigenvalue weighted by Gasteiger charge is 2.21. The lowest BCUT2D eigenvalue weighted by atomic mass is 10.1. The van der Waals surface area contributed by atoms with E-state index in [-0.39, 0.29) is 16.3 Å². The van der Waals surface area contributed by atoms with Gasteiger partial charge in [-0.2, -0.15) is 0 Å². The standard InChI is InChI=1S/C9H8ClNO4/c1-15-9(14)8(13)6-2-5(10)3-11-7(6)4-12/h2-3,12H,4H2,1H3. The Kier molecular flexibility index (Phi) is 3.76. The summed E-state index contributed by atoms with van der Waals surface area (Å²) >= 11 is 5.62. The van der Waals surface area contributed by atoms with Crippen LogP contribution < -0.4 is 0 Å². The number of pyridine rings is 1. The number of ketones is 1. The van der Waals surface area contributed by atoms with Gasteiger partial charge in [-0.1, -0.05) is 11.6 Å². The van der Waals surface area contributed by atoms with E-state index in [1.54, 1.807) is 0 Å². The van der Waals surface area contributed by atoms with Gasteiger partial charge in [-0.05, 0) is 6.07 Å². The highest BCUT2D eigenvalue weighted by molar-refractivity contribution is 6.41. The Morgan fingerprint density at radius 2 is 2.27 bits per heavy atom. The molecule has 0 aliphatic rings. The molecule has 0 amide bonds. The molecule has 0 saturated carbocycles. The number of aliphatic hydroxyl groups is 1. The third-order valence-electron chi connectivity index (χ3n) is 1.70. The molecule has 1 rings (SSSR count). The van der Waals surface area contributed by atoms with Gasteiger partial charge in [-0.15, -0.1) is 0 Å². The van der Waals surface area contributed by atoms with E-state index in [1.807, 2.05) is 0 Å². The molecule has 0 spiro atoms. The monoisotopic (exact) mass is 229 g/mol. The number of Topliss-reactive ketones (excluding diaryl/α,β-unsaturated/α-hetero) is 1. The Morgan fingerprint density at radius 3 is 2.80 bits per heavy atom. The maximum Gasteiger partial charge on any atom is 0.379 e. The third-order valence-corrected chi connectivity index (χ3v) is 1.91. The molecule has 0 aliphatic heterocycles. The van der Waals surface area contributed by atoms with Crippen LogP contribution in [0.2, 0.25) is 5.02 Å². The minimum absolute atomic E-state index is 0.0446. The first-order valence-electron chi connectivity index (χ1n) is 3.98. The van der Waals surface area contributed by atoms with Crippen molar-refractivity contribution >= 4 is 23.4 Å². The van der Waals surface area contributed by atoms with Crippen LogP contribution >= 0.6 is 11.6 Å². The normalized spacial score (nSPS) is 9.80. The maximum absolute atomic E-state index is 11.4. The molecule has 1 heterocycles. The number of nitrogens with zero attached hydrogens (tertiary/aromatic N) is 1. The summed E-state index contributed by atoms with van der Waals surface area (Å²) < 4.78 is 4.26. The second kappa shape index (κ2) is 4.86. The van der Waals surface area contributed by atoms with Crippen LogP contribution in [-0.4, -0.2) is 29.0 Å². The number of ether oxygens (including phenoxy) is 1. The van der Waals surface area contributed by atoms with Gasteiger partial charge >= 0.3 is 5.97 Å². The van der Waals surface area contributed by atoms with Crippen molar-refractivity contribution < 1.29 is 19.4 Å². The van der Waals surface area contributed by atoms with Crippen molar-refractivity contribution in [2.45, 2.75) is 6.61 Å². The van der Waals surface area contributed by atoms with Crippen molar-refractivity contribution in [1.29, 1.82) is 0 Å². The Hall–Kier alpha value is -1.46. The number of halogens is 1. The molecule has 80 valence electrons. The quantitative estimate of drug-likeness (QED) is 0.466. The van der Waals surface area contributed by atoms with Crippen LogP contribution in [0.4, 0.5) is 0 Å². The van der Waals surface area contributed by atoms with Crippen LogP contribution in [0.3, 0.4) is 0 Å². The van der Waals surface area contributed by atoms with Crippen molar-refractivity contribution in [1.82, 2.24) is 4.98 Å². The fourth-order valence-electron chi connectivity index (χ4n) is 0.993. The van der Waals surface area contributed by atoms with E-state index in [9.17, 15) is 9.59 Å². The summed E-state index contributed by atoms with van der Waals surface area (Å²) in [7, 11) is 1.09. The summed E-state index contributed by atoms with van der Waals surface area (Å²) in [6.45, 7) is -0.449. The largest absolute Gasteiger partial charge is 0.463 e. The van der Waals surface area contributed by atoms with Gasteiger partial charge in [0.2, 0.25) is 0 Å². The molecule has 0 bridgehead atoms. The van der Waals surface area contributed by atoms with Crippen molar-refractivity contribution in [3.8, 4) is 0 Å². The van der Waals surface area contributed by atoms with Gasteiger partial charge in [-0.3, -0.25) is 9.78 Å². The molecule has 0 saturated heterocycles. The van der Waals surface area contributed by atoms with E-state index in [0.29, 0.717) is 0 Å². The van der Waals surface area contributed by atoms with Gasteiger partial charge in [0.25, 0.3) is 5.78 Å². The molecule has 15 heavy (non-hydrogen) atoms. The van der Waals surface area contributed by atoms with Crippen LogP contribution in [0.25, 0.3) is 0 Å². The second-order valence-corrected chi connectivity index (χ2v) is 3.06. The Balaban J connectivity index is 3.17. The lowest BCUT2D eigenvalue weighted by Crippen LogP contribution is -2.18. The smallest absolute Gasteiger partial charge is 0.379 e. The minimum Gasteiger partial charge on any atom is -0.463 e. The van der Waals surface area contributed by atoms with Crippen molar-refractivity contribution in [2.75, 3.05) is 7.11 Å². The van der Waals surface area contributed by atoms with Gasteiger partial charge in [0.15, 0.2) is 0 Å². The molecule has 1 aromatic rings. The highest BCUT2D eigenvalue weighted by atomic mass is 35.5. The van der Waals surface area contributed by atoms with Gasteiger partial charge in [-0.25, -0.2) is 4.79 Å². The zero-order valence-electron chi connectivity index (χ0n) is 7.86. The van der Waals surface area contributed by atoms with E-state index in [2.05, 4.69) is 9.72 Å². The molecule has 0 radical (unpaired) electrons. The average Bonchev–Trinajstić information content (AvgIpc) is 2.27. The molecule has 0 unspecified atom stereocenters. The molecule has 1 aromatic heterocycles. The lowest BCUT2D eigenvalue weighted by molar-refractivity contribution is -0.135. The topological polar surface area (TPSA) is 76.5 Å². The molecular formula is C9H8ClNO4. The summed E-state index contributed by atoms with van der Waals surface area (Å²) in [5.41, 5.74) is 0.0478. The molecule has 6 heteroatoms. The summed E-state index contributed by atoms with van der Waals surface area (Å²) in [5, 5.41) is 9.11. The van der Waals surface area contributed by atoms with Gasteiger partial charge in [0, 0.05) is 6.20 Å². The number of aromatic nitrogens is 1. The first kappa shape index (κ1) is 11.6. The fraction of sp³-hybridized carbons (Fsp3) is 0.222. The first-order valence-corrected chi connectivity index (χ1v) is 4.36. The number of aliphatic hydroxyl groups excluding tert-OH is 1. The van der Waals surface area contributed by atoms with Crippen LogP contribution in [0, 0.1) is 0 Å². The number of methoxy groups -OCH3 is 1. The number of esters is 1. The van der Waals surface area contributed by atoms with Crippen molar-refractivity contribution in [3.63, 3.8) is 0 Å². The van der Waals surface area contributed by atoms with Crippen molar-refractivity contribution in [2.24, 2.45) is 0 Å². The van der Waals surface area contributed by atoms with E-state index in [4.69, 9.17) is 16.7 Å². The molecule has 1 N–H and O–H groups in total. The summed E-state index contributed by atoms with van der Waals surface area (Å²) in [4.78, 5) is 26.1. The summed E-state index contributed by atoms with van der Waals surface area (Å²) in [6, 6.07) is 1.26. The molecule has 0 aromatic carbocycles. The number of carbonyl (C=O) groups excluding carboxylic acids is 2. The van der Waals surface area contributed by atoms with Crippen LogP contribution in [-0.2, 0) is 16.1 Å². The van der Waals surface area contributed by atoms with E-state index >= 15 is 0 Å². The number of rotatable bonds is 3. The lowest BCUT2D eigenvalue weighted by Gasteiger charge is -2.04. The Morgan fingerprint density at radius 1 is 1.60 bits per heavy atom. The maximum atomic E-state index is 11.4. The molecule has 0 aliphatic carbocycles. The number of carbonyl (C=O) groups is 2. The van der Waals surface area contributed by atoms with Gasteiger partial charge in [0.1, 0.15) is 0 Å². The predicted octanol–water partition coefficient (Wildman–Crippen LogP) is 0.583. The number of hydrogen-bond acceptors (Lipinski definition) is 5. The van der Waals surface area contributed by atoms with Crippen LogP contribution in [0.5, 0.6) is 0 Å². The fourth-order valence-corrected chi connectivity index (χ4v) is 1.15. The van der Waals surface area contributed by atoms with Crippen LogP contribution in [0.15, 0.2) is 12.3 Å². The molecular weight excluding hydrogens is 222 g/mol. The third kappa shape index (κ3) is 2.51. The highest BCUT2D eigenvalue weighted by Crippen LogP contribution is 2.14. The molecule has 5 nitrogen and oxygen atoms in total. The second-order valence-electron chi connectivity index (χ2n) is 2.63.